The normalized spacial score (nSPS) is 32.4. The maximum absolute atomic E-state index is 15.1. The molecule has 1 N–H and O–H groups in total. The first kappa shape index (κ1) is 39.8. The molecule has 0 radical (unpaired) electrons. The highest BCUT2D eigenvalue weighted by molar-refractivity contribution is 7.92. The quantitative estimate of drug-likeness (QED) is 0.296. The molecule has 3 aromatic rings. The summed E-state index contributed by atoms with van der Waals surface area (Å²) in [5, 5.41) is 4.90. The first-order chi connectivity index (χ1) is 27.4. The van der Waals surface area contributed by atoms with E-state index in [0.717, 1.165) is 55.6 Å². The highest BCUT2D eigenvalue weighted by Crippen LogP contribution is 2.48. The Hall–Kier alpha value is -3.98. The van der Waals surface area contributed by atoms with Gasteiger partial charge in [0, 0.05) is 55.9 Å². The Bertz CT molecular complexity index is 2170. The summed E-state index contributed by atoms with van der Waals surface area (Å²) in [6, 6.07) is 11.5. The lowest BCUT2D eigenvalue weighted by molar-refractivity contribution is -0.110. The molecule has 8 rings (SSSR count). The molecule has 1 aromatic heterocycles. The highest BCUT2D eigenvalue weighted by atomic mass is 35.5. The Morgan fingerprint density at radius 1 is 1.16 bits per heavy atom. The van der Waals surface area contributed by atoms with E-state index in [1.54, 1.807) is 26.3 Å². The van der Waals surface area contributed by atoms with Crippen molar-refractivity contribution < 1.29 is 37.5 Å². The number of hydrogen-bond donors (Lipinski definition) is 1. The van der Waals surface area contributed by atoms with Gasteiger partial charge in [-0.05, 0) is 110 Å². The molecule has 1 spiro atoms. The largest absolute Gasteiger partial charge is 0.490 e. The van der Waals surface area contributed by atoms with E-state index in [1.807, 2.05) is 19.1 Å². The molecule has 5 aliphatic rings. The van der Waals surface area contributed by atoms with E-state index in [1.165, 1.54) is 29.1 Å². The van der Waals surface area contributed by atoms with Gasteiger partial charge in [0.2, 0.25) is 5.88 Å². The minimum absolute atomic E-state index is 0.0164. The second-order valence-electron chi connectivity index (χ2n) is 16.8. The number of halogens is 1. The van der Waals surface area contributed by atoms with E-state index < -0.39 is 33.8 Å². The van der Waals surface area contributed by atoms with Gasteiger partial charge in [0.05, 0.1) is 43.5 Å². The van der Waals surface area contributed by atoms with Crippen molar-refractivity contribution in [1.29, 1.82) is 0 Å². The van der Waals surface area contributed by atoms with Gasteiger partial charge in [0.25, 0.3) is 11.8 Å². The Labute approximate surface area is 339 Å². The zero-order valence-corrected chi connectivity index (χ0v) is 34.6. The van der Waals surface area contributed by atoms with E-state index in [-0.39, 0.29) is 58.6 Å². The fourth-order valence-electron chi connectivity index (χ4n) is 10.2. The summed E-state index contributed by atoms with van der Waals surface area (Å²) in [4.78, 5) is 42.2. The van der Waals surface area contributed by atoms with E-state index in [9.17, 15) is 14.4 Å². The van der Waals surface area contributed by atoms with Gasteiger partial charge >= 0.3 is 0 Å². The third-order valence-corrected chi connectivity index (χ3v) is 15.2. The molecule has 3 aliphatic heterocycles. The number of anilines is 1. The van der Waals surface area contributed by atoms with E-state index >= 15 is 4.21 Å². The summed E-state index contributed by atoms with van der Waals surface area (Å²) in [6.45, 7) is 3.78. The molecule has 2 aliphatic carbocycles. The lowest BCUT2D eigenvalue weighted by Gasteiger charge is -2.47. The molecule has 15 heteroatoms. The number of methoxy groups -OCH3 is 2. The lowest BCUT2D eigenvalue weighted by Crippen LogP contribution is -2.50. The minimum Gasteiger partial charge on any atom is -0.490 e. The van der Waals surface area contributed by atoms with E-state index in [4.69, 9.17) is 30.5 Å². The zero-order chi connectivity index (χ0) is 40.1. The summed E-state index contributed by atoms with van der Waals surface area (Å²) in [5.74, 6) is -0.738. The van der Waals surface area contributed by atoms with Gasteiger partial charge in [0.1, 0.15) is 27.5 Å². The third kappa shape index (κ3) is 7.82. The van der Waals surface area contributed by atoms with Gasteiger partial charge in [-0.25, -0.2) is 4.21 Å². The number of aromatic nitrogens is 2. The van der Waals surface area contributed by atoms with Crippen molar-refractivity contribution >= 4 is 45.3 Å². The smallest absolute Gasteiger partial charge is 0.286 e. The summed E-state index contributed by atoms with van der Waals surface area (Å²) in [6.07, 6.45) is 8.09. The molecule has 2 amide bonds. The molecule has 4 heterocycles. The molecule has 9 atom stereocenters. The number of nitrogens with zero attached hydrogens (tertiary/aromatic N) is 4. The van der Waals surface area contributed by atoms with Gasteiger partial charge in [-0.1, -0.05) is 24.6 Å². The van der Waals surface area contributed by atoms with Gasteiger partial charge in [-0.15, -0.1) is 9.46 Å². The molecule has 2 aromatic carbocycles. The van der Waals surface area contributed by atoms with Crippen LogP contribution in [0.4, 0.5) is 5.69 Å². The van der Waals surface area contributed by atoms with Crippen LogP contribution in [0.25, 0.3) is 0 Å². The number of hydrogen-bond acceptors (Lipinski definition) is 10. The second-order valence-corrected chi connectivity index (χ2v) is 19.2. The molecular formula is C42H52ClN5O8S. The van der Waals surface area contributed by atoms with Crippen molar-refractivity contribution in [2.24, 2.45) is 35.1 Å². The van der Waals surface area contributed by atoms with E-state index in [0.29, 0.717) is 37.7 Å². The second kappa shape index (κ2) is 16.0. The number of benzene rings is 2. The number of fused-ring (bicyclic) bond motifs is 5. The van der Waals surface area contributed by atoms with Crippen molar-refractivity contribution in [3.8, 4) is 11.6 Å². The summed E-state index contributed by atoms with van der Waals surface area (Å²) in [5.41, 5.74) is 3.25. The minimum atomic E-state index is -3.78. The van der Waals surface area contributed by atoms with Gasteiger partial charge < -0.3 is 28.6 Å². The number of amides is 2. The van der Waals surface area contributed by atoms with Crippen LogP contribution < -0.4 is 19.1 Å². The summed E-state index contributed by atoms with van der Waals surface area (Å²) < 4.78 is 48.3. The molecule has 306 valence electrons. The van der Waals surface area contributed by atoms with Crippen LogP contribution in [-0.4, -0.2) is 90.1 Å². The molecule has 13 nitrogen and oxygen atoms in total. The standard InChI is InChI=1S/C42H52ClN5O8S/c1-25-22-57(52,46-40(51)33-21-47(2)44-41(33)54-4)45-39(50)27-8-12-36-35(18-27)48(23-42(24-55-36)14-5-6-26-16-30(43)9-11-34(26)42)20-28-7-10-32(28)37(53-3)19-29-17-31(13-15-49)56-38(25)29/h8-9,11-12,15-16,18,21,25,28-29,31-32,37-38H,5-7,10,13-14,17,19-20,22-24H2,1-4H3,(H,45,46,50,51,52)/t25-,28+,29-,31-,32-,37+,38-,42+,57?/m1/s1. The number of aldehydes is 1. The van der Waals surface area contributed by atoms with Crippen molar-refractivity contribution in [2.75, 3.05) is 44.6 Å². The van der Waals surface area contributed by atoms with Crippen LogP contribution in [0.2, 0.25) is 5.02 Å². The number of aryl methyl sites for hydroxylation is 2. The predicted molar refractivity (Wildman–Crippen MR) is 215 cm³/mol. The zero-order valence-electron chi connectivity index (χ0n) is 33.0. The van der Waals surface area contributed by atoms with Crippen LogP contribution >= 0.6 is 11.6 Å². The summed E-state index contributed by atoms with van der Waals surface area (Å²) in [7, 11) is 1.03. The van der Waals surface area contributed by atoms with Gasteiger partial charge in [-0.3, -0.25) is 19.0 Å². The molecule has 2 fully saturated rings. The SMILES string of the molecule is COc1nn(C)cc1C(=O)NS1(=O)=NC(=O)c2ccc3c(c2)N(C[C@@H]2CC[C@H]2[C@@H](OC)C[C@H]2C[C@@H](CC=O)O[C@@H]2[C@H](C)C1)C[C@@]1(CCCc2cc(Cl)ccc21)CO3. The number of nitrogens with one attached hydrogen (secondary N) is 1. The van der Waals surface area contributed by atoms with Crippen molar-refractivity contribution in [2.45, 2.75) is 82.0 Å². The Kier molecular flexibility index (Phi) is 11.2. The third-order valence-electron chi connectivity index (χ3n) is 13.0. The van der Waals surface area contributed by atoms with Crippen LogP contribution in [-0.2, 0) is 43.1 Å². The average Bonchev–Trinajstić information content (AvgIpc) is 3.72. The van der Waals surface area contributed by atoms with Gasteiger partial charge in [-0.2, -0.15) is 0 Å². The number of carbonyl (C=O) groups is 3. The van der Waals surface area contributed by atoms with Crippen molar-refractivity contribution in [3.63, 3.8) is 0 Å². The van der Waals surface area contributed by atoms with Crippen molar-refractivity contribution in [1.82, 2.24) is 14.5 Å². The van der Waals surface area contributed by atoms with Gasteiger partial charge in [0.15, 0.2) is 0 Å². The maximum atomic E-state index is 15.1. The molecule has 1 unspecified atom stereocenters. The maximum Gasteiger partial charge on any atom is 0.286 e. The highest BCUT2D eigenvalue weighted by Gasteiger charge is 2.47. The molecule has 2 bridgehead atoms. The Morgan fingerprint density at radius 3 is 2.75 bits per heavy atom. The Morgan fingerprint density at radius 2 is 2.00 bits per heavy atom. The number of rotatable bonds is 6. The van der Waals surface area contributed by atoms with Crippen molar-refractivity contribution in [3.05, 3.63) is 69.9 Å². The molecule has 1 saturated heterocycles. The first-order valence-electron chi connectivity index (χ1n) is 20.0. The molecule has 57 heavy (non-hydrogen) atoms. The molecular weight excluding hydrogens is 770 g/mol. The number of carbonyl (C=O) groups excluding carboxylic acids is 3. The van der Waals surface area contributed by atoms with Crippen LogP contribution in [0.1, 0.15) is 83.7 Å². The van der Waals surface area contributed by atoms with Crippen LogP contribution in [0, 0.1) is 23.7 Å². The fourth-order valence-corrected chi connectivity index (χ4v) is 12.3. The summed E-state index contributed by atoms with van der Waals surface area (Å²) >= 11 is 6.49. The first-order valence-corrected chi connectivity index (χ1v) is 22.1. The predicted octanol–water partition coefficient (Wildman–Crippen LogP) is 5.95. The molecule has 1 saturated carbocycles. The topological polar surface area (TPSA) is 151 Å². The van der Waals surface area contributed by atoms with Crippen LogP contribution in [0.15, 0.2) is 47.0 Å². The average molecular weight is 822 g/mol. The number of ether oxygens (including phenoxy) is 4. The fraction of sp³-hybridized carbons (Fsp3) is 0.571. The van der Waals surface area contributed by atoms with E-state index in [2.05, 4.69) is 31.2 Å². The Balaban J connectivity index is 1.23. The lowest BCUT2D eigenvalue weighted by atomic mass is 9.67. The van der Waals surface area contributed by atoms with Crippen LogP contribution in [0.3, 0.4) is 0 Å². The monoisotopic (exact) mass is 821 g/mol. The van der Waals surface area contributed by atoms with Crippen LogP contribution in [0.5, 0.6) is 11.6 Å².